The smallest absolute Gasteiger partial charge is 0.135 e. The normalized spacial score (nSPS) is 12.3. The number of para-hydroxylation sites is 2. The molecule has 0 radical (unpaired) electrons. The molecule has 0 saturated carbocycles. The van der Waals surface area contributed by atoms with Gasteiger partial charge in [0.2, 0.25) is 0 Å². The molecule has 2 heteroatoms. The molecule has 372 valence electrons. The van der Waals surface area contributed by atoms with Crippen molar-refractivity contribution in [3.63, 3.8) is 0 Å². The zero-order valence-electron chi connectivity index (χ0n) is 43.6. The average Bonchev–Trinajstić information content (AvgIpc) is 4.24. The third kappa shape index (κ3) is 8.37. The Hall–Kier alpha value is -10.0. The molecule has 0 spiro atoms. The summed E-state index contributed by atoms with van der Waals surface area (Å²) in [6, 6.07) is 107. The molecule has 1 unspecified atom stereocenters. The Labute approximate surface area is 460 Å². The van der Waals surface area contributed by atoms with Gasteiger partial charge in [0.1, 0.15) is 11.2 Å². The molecule has 1 aliphatic carbocycles. The SMILES string of the molecule is c1ccc(CC(c2ccccc2)c2cccc3c2-c2ccc(-c4ccc(-c5cccc(-c6ccc(N(c7ccccc7)c7ccc(-c8ccc9oc%10ccccc%10c9c8)c8c7ccc7ccccc78)cc6)c5)cc4)cc2C3)cc1. The van der Waals surface area contributed by atoms with Crippen LogP contribution in [0.3, 0.4) is 0 Å². The molecule has 79 heavy (non-hydrogen) atoms. The van der Waals surface area contributed by atoms with Gasteiger partial charge in [0.25, 0.3) is 0 Å². The predicted molar refractivity (Wildman–Crippen MR) is 332 cm³/mol. The van der Waals surface area contributed by atoms with Crippen LogP contribution in [0.15, 0.2) is 296 Å². The van der Waals surface area contributed by atoms with Gasteiger partial charge in [-0.05, 0) is 167 Å². The predicted octanol–water partition coefficient (Wildman–Crippen LogP) is 21.0. The van der Waals surface area contributed by atoms with Crippen LogP contribution in [0.25, 0.3) is 99.1 Å². The number of benzene rings is 13. The van der Waals surface area contributed by atoms with Gasteiger partial charge in [-0.15, -0.1) is 0 Å². The highest BCUT2D eigenvalue weighted by atomic mass is 16.3. The van der Waals surface area contributed by atoms with E-state index in [1.807, 2.05) is 12.1 Å². The molecule has 0 aliphatic heterocycles. The molecular formula is C77H53NO. The molecule has 1 aromatic heterocycles. The Kier molecular flexibility index (Phi) is 11.4. The molecule has 0 bridgehead atoms. The highest BCUT2D eigenvalue weighted by Crippen LogP contribution is 2.48. The first kappa shape index (κ1) is 46.3. The van der Waals surface area contributed by atoms with E-state index in [2.05, 4.69) is 284 Å². The van der Waals surface area contributed by atoms with E-state index in [0.717, 1.165) is 57.4 Å². The lowest BCUT2D eigenvalue weighted by molar-refractivity contribution is 0.669. The van der Waals surface area contributed by atoms with Crippen LogP contribution in [0.5, 0.6) is 0 Å². The highest BCUT2D eigenvalue weighted by Gasteiger charge is 2.27. The van der Waals surface area contributed by atoms with Gasteiger partial charge in [-0.1, -0.05) is 237 Å². The molecule has 13 aromatic carbocycles. The number of hydrogen-bond donors (Lipinski definition) is 0. The van der Waals surface area contributed by atoms with E-state index in [1.165, 1.54) is 99.4 Å². The lowest BCUT2D eigenvalue weighted by Gasteiger charge is -2.28. The number of fused-ring (bicyclic) bond motifs is 9. The Morgan fingerprint density at radius 3 is 1.72 bits per heavy atom. The Morgan fingerprint density at radius 2 is 0.949 bits per heavy atom. The average molecular weight is 1010 g/mol. The van der Waals surface area contributed by atoms with Crippen LogP contribution in [0, 0.1) is 0 Å². The molecule has 0 saturated heterocycles. The topological polar surface area (TPSA) is 16.4 Å². The van der Waals surface area contributed by atoms with Crippen LogP contribution in [0.1, 0.15) is 33.7 Å². The zero-order valence-corrected chi connectivity index (χ0v) is 43.6. The number of rotatable bonds is 11. The van der Waals surface area contributed by atoms with Gasteiger partial charge in [-0.3, -0.25) is 0 Å². The minimum atomic E-state index is 0.260. The maximum Gasteiger partial charge on any atom is 0.135 e. The fourth-order valence-corrected chi connectivity index (χ4v) is 12.7. The maximum absolute atomic E-state index is 6.27. The fourth-order valence-electron chi connectivity index (χ4n) is 12.7. The molecule has 15 rings (SSSR count). The summed E-state index contributed by atoms with van der Waals surface area (Å²) in [5.41, 5.74) is 24.4. The van der Waals surface area contributed by atoms with E-state index in [4.69, 9.17) is 4.42 Å². The summed E-state index contributed by atoms with van der Waals surface area (Å²) in [4.78, 5) is 2.40. The van der Waals surface area contributed by atoms with Crippen molar-refractivity contribution in [3.8, 4) is 55.6 Å². The molecule has 0 N–H and O–H groups in total. The fraction of sp³-hybridized carbons (Fsp3) is 0.0390. The van der Waals surface area contributed by atoms with Crippen LogP contribution < -0.4 is 4.90 Å². The third-order valence-corrected chi connectivity index (χ3v) is 16.5. The standard InChI is InChI=1S/C77H53NO/c1-4-16-51(17-5-1)46-71(55-18-6-2-7-19-55)69-28-15-23-61-49-62-48-59(37-41-67(62)76(61)69)53-32-30-52(31-33-53)57-21-14-22-58(47-57)54-34-39-64(40-35-54)78(63-24-8-3-9-25-63)73-44-43-66(77-65-26-11-10-20-56(65)36-42-70(73)77)60-38-45-75-72(50-60)68-27-12-13-29-74(68)79-75/h1-45,47-48,50,71H,46,49H2. The van der Waals surface area contributed by atoms with Crippen molar-refractivity contribution in [2.45, 2.75) is 18.8 Å². The minimum absolute atomic E-state index is 0.260. The lowest BCUT2D eigenvalue weighted by atomic mass is 9.82. The van der Waals surface area contributed by atoms with Crippen molar-refractivity contribution >= 4 is 60.5 Å². The first-order valence-corrected chi connectivity index (χ1v) is 27.5. The molecule has 0 amide bonds. The monoisotopic (exact) mass is 1010 g/mol. The molecule has 14 aromatic rings. The van der Waals surface area contributed by atoms with Crippen molar-refractivity contribution in [1.82, 2.24) is 0 Å². The van der Waals surface area contributed by atoms with Gasteiger partial charge in [0.05, 0.1) is 5.69 Å². The van der Waals surface area contributed by atoms with Crippen LogP contribution in [0.4, 0.5) is 17.1 Å². The summed E-state index contributed by atoms with van der Waals surface area (Å²) in [6.45, 7) is 0. The first-order valence-electron chi connectivity index (χ1n) is 27.5. The van der Waals surface area contributed by atoms with Crippen molar-refractivity contribution in [2.24, 2.45) is 0 Å². The molecule has 1 heterocycles. The molecule has 1 aliphatic rings. The van der Waals surface area contributed by atoms with Crippen molar-refractivity contribution in [2.75, 3.05) is 4.90 Å². The van der Waals surface area contributed by atoms with Gasteiger partial charge >= 0.3 is 0 Å². The first-order chi connectivity index (χ1) is 39.1. The zero-order chi connectivity index (χ0) is 52.2. The largest absolute Gasteiger partial charge is 0.456 e. The van der Waals surface area contributed by atoms with Crippen molar-refractivity contribution in [3.05, 3.63) is 319 Å². The second-order valence-electron chi connectivity index (χ2n) is 21.1. The summed E-state index contributed by atoms with van der Waals surface area (Å²) in [5.74, 6) is 0.260. The quantitative estimate of drug-likeness (QED) is 0.120. The lowest BCUT2D eigenvalue weighted by Crippen LogP contribution is -2.10. The van der Waals surface area contributed by atoms with Gasteiger partial charge in [0, 0.05) is 33.5 Å². The van der Waals surface area contributed by atoms with Crippen LogP contribution >= 0.6 is 0 Å². The Bertz CT molecular complexity index is 4580. The molecule has 1 atom stereocenters. The summed E-state index contributed by atoms with van der Waals surface area (Å²) in [5, 5.41) is 7.10. The van der Waals surface area contributed by atoms with E-state index in [9.17, 15) is 0 Å². The van der Waals surface area contributed by atoms with E-state index in [-0.39, 0.29) is 5.92 Å². The highest BCUT2D eigenvalue weighted by molar-refractivity contribution is 6.19. The van der Waals surface area contributed by atoms with Gasteiger partial charge < -0.3 is 9.32 Å². The van der Waals surface area contributed by atoms with Gasteiger partial charge in [-0.2, -0.15) is 0 Å². The van der Waals surface area contributed by atoms with Crippen molar-refractivity contribution < 1.29 is 4.42 Å². The summed E-state index contributed by atoms with van der Waals surface area (Å²) in [7, 11) is 0. The third-order valence-electron chi connectivity index (χ3n) is 16.5. The molecule has 0 fully saturated rings. The summed E-state index contributed by atoms with van der Waals surface area (Å²) >= 11 is 0. The summed E-state index contributed by atoms with van der Waals surface area (Å²) in [6.07, 6.45) is 1.90. The van der Waals surface area contributed by atoms with E-state index in [0.29, 0.717) is 0 Å². The Balaban J connectivity index is 0.728. The van der Waals surface area contributed by atoms with Gasteiger partial charge in [0.15, 0.2) is 0 Å². The van der Waals surface area contributed by atoms with Crippen LogP contribution in [-0.4, -0.2) is 0 Å². The minimum Gasteiger partial charge on any atom is -0.456 e. The Morgan fingerprint density at radius 1 is 0.354 bits per heavy atom. The van der Waals surface area contributed by atoms with Crippen molar-refractivity contribution in [1.29, 1.82) is 0 Å². The van der Waals surface area contributed by atoms with Crippen LogP contribution in [-0.2, 0) is 12.8 Å². The number of furan rings is 1. The maximum atomic E-state index is 6.27. The van der Waals surface area contributed by atoms with E-state index >= 15 is 0 Å². The second-order valence-corrected chi connectivity index (χ2v) is 21.1. The van der Waals surface area contributed by atoms with E-state index in [1.54, 1.807) is 0 Å². The number of hydrogen-bond acceptors (Lipinski definition) is 2. The molecular weight excluding hydrogens is 955 g/mol. The molecule has 2 nitrogen and oxygen atoms in total. The summed E-state index contributed by atoms with van der Waals surface area (Å²) < 4.78 is 6.27. The second kappa shape index (κ2) is 19.5. The van der Waals surface area contributed by atoms with Crippen LogP contribution in [0.2, 0.25) is 0 Å². The van der Waals surface area contributed by atoms with E-state index < -0.39 is 0 Å². The number of nitrogens with zero attached hydrogens (tertiary/aromatic N) is 1. The number of anilines is 3. The van der Waals surface area contributed by atoms with Gasteiger partial charge in [-0.25, -0.2) is 0 Å².